The first-order valence-corrected chi connectivity index (χ1v) is 5.15. The summed E-state index contributed by atoms with van der Waals surface area (Å²) in [4.78, 5) is 10.8. The number of ketones is 1. The number of hydrogen-bond donors (Lipinski definition) is 1. The Balaban J connectivity index is 2.95. The fourth-order valence-corrected chi connectivity index (χ4v) is 2.37. The van der Waals surface area contributed by atoms with Crippen LogP contribution in [0.3, 0.4) is 0 Å². The second-order valence-corrected chi connectivity index (χ2v) is 4.57. The highest BCUT2D eigenvalue weighted by atomic mass is 79.9. The fraction of sp³-hybridized carbons (Fsp3) is 0.375. The van der Waals surface area contributed by atoms with Crippen molar-refractivity contribution in [2.75, 3.05) is 0 Å². The van der Waals surface area contributed by atoms with Crippen LogP contribution in [0.15, 0.2) is 22.2 Å². The molecule has 0 aromatic carbocycles. The van der Waals surface area contributed by atoms with Crippen molar-refractivity contribution in [2.24, 2.45) is 0 Å². The highest BCUT2D eigenvalue weighted by molar-refractivity contribution is 9.12. The van der Waals surface area contributed by atoms with E-state index in [9.17, 15) is 9.90 Å². The van der Waals surface area contributed by atoms with Crippen molar-refractivity contribution < 1.29 is 9.90 Å². The van der Waals surface area contributed by atoms with Crippen molar-refractivity contribution >= 4 is 37.6 Å². The Morgan fingerprint density at radius 1 is 1.67 bits per heavy atom. The molecular formula is C8H8Br2O2. The number of aliphatic hydroxyl groups is 1. The molecule has 1 aliphatic rings. The van der Waals surface area contributed by atoms with E-state index in [1.807, 2.05) is 0 Å². The number of aliphatic hydroxyl groups excluding tert-OH is 1. The second-order valence-electron chi connectivity index (χ2n) is 2.60. The SMILES string of the molecule is CC(=O)C1=CC(Br)C(O)C(Br)=C1. The van der Waals surface area contributed by atoms with Crippen molar-refractivity contribution in [1.29, 1.82) is 0 Å². The molecule has 1 rings (SSSR count). The molecule has 0 saturated heterocycles. The predicted octanol–water partition coefficient (Wildman–Crippen LogP) is 1.92. The maximum Gasteiger partial charge on any atom is 0.159 e. The van der Waals surface area contributed by atoms with Gasteiger partial charge in [0.2, 0.25) is 0 Å². The molecule has 2 unspecified atom stereocenters. The number of rotatable bonds is 1. The van der Waals surface area contributed by atoms with E-state index in [0.717, 1.165) is 0 Å². The van der Waals surface area contributed by atoms with Crippen LogP contribution in [0.4, 0.5) is 0 Å². The summed E-state index contributed by atoms with van der Waals surface area (Å²) in [5.74, 6) is 0.00306. The number of allylic oxidation sites excluding steroid dienone is 2. The molecule has 0 fully saturated rings. The van der Waals surface area contributed by atoms with Gasteiger partial charge in [0.05, 0.1) is 4.83 Å². The van der Waals surface area contributed by atoms with E-state index >= 15 is 0 Å². The summed E-state index contributed by atoms with van der Waals surface area (Å²) in [6.45, 7) is 1.50. The largest absolute Gasteiger partial charge is 0.386 e. The number of Topliss-reactive ketones (excluding diaryl/α,β-unsaturated/α-hetero) is 1. The van der Waals surface area contributed by atoms with Crippen molar-refractivity contribution in [3.8, 4) is 0 Å². The van der Waals surface area contributed by atoms with Gasteiger partial charge >= 0.3 is 0 Å². The molecule has 0 heterocycles. The molecule has 0 aromatic heterocycles. The van der Waals surface area contributed by atoms with Gasteiger partial charge in [-0.15, -0.1) is 0 Å². The van der Waals surface area contributed by atoms with Crippen LogP contribution in [-0.4, -0.2) is 21.8 Å². The third kappa shape index (κ3) is 2.06. The van der Waals surface area contributed by atoms with Crippen molar-refractivity contribution in [3.63, 3.8) is 0 Å². The average Bonchev–Trinajstić information content (AvgIpc) is 1.99. The van der Waals surface area contributed by atoms with Crippen LogP contribution in [0.1, 0.15) is 6.92 Å². The highest BCUT2D eigenvalue weighted by Gasteiger charge is 2.22. The summed E-state index contributed by atoms with van der Waals surface area (Å²) in [7, 11) is 0. The van der Waals surface area contributed by atoms with Gasteiger partial charge in [0.15, 0.2) is 5.78 Å². The zero-order valence-electron chi connectivity index (χ0n) is 6.42. The van der Waals surface area contributed by atoms with Crippen LogP contribution < -0.4 is 0 Å². The van der Waals surface area contributed by atoms with Crippen molar-refractivity contribution in [3.05, 3.63) is 22.2 Å². The van der Waals surface area contributed by atoms with Gasteiger partial charge in [-0.2, -0.15) is 0 Å². The lowest BCUT2D eigenvalue weighted by Gasteiger charge is -2.19. The maximum atomic E-state index is 11.0. The van der Waals surface area contributed by atoms with Crippen molar-refractivity contribution in [2.45, 2.75) is 17.9 Å². The quantitative estimate of drug-likeness (QED) is 0.751. The third-order valence-corrected chi connectivity index (χ3v) is 3.09. The Bertz CT molecular complexity index is 268. The molecule has 4 heteroatoms. The minimum absolute atomic E-state index is 0.00306. The first-order valence-electron chi connectivity index (χ1n) is 3.44. The lowest BCUT2D eigenvalue weighted by molar-refractivity contribution is -0.113. The zero-order valence-corrected chi connectivity index (χ0v) is 9.59. The Kier molecular flexibility index (Phi) is 3.26. The number of carbonyl (C=O) groups excluding carboxylic acids is 1. The van der Waals surface area contributed by atoms with Crippen LogP contribution in [0, 0.1) is 0 Å². The summed E-state index contributed by atoms with van der Waals surface area (Å²) in [5.41, 5.74) is 0.619. The van der Waals surface area contributed by atoms with E-state index in [1.54, 1.807) is 12.2 Å². The summed E-state index contributed by atoms with van der Waals surface area (Å²) in [6, 6.07) is 0. The Labute approximate surface area is 87.6 Å². The molecule has 1 aliphatic carbocycles. The van der Waals surface area contributed by atoms with Crippen molar-refractivity contribution in [1.82, 2.24) is 0 Å². The Hall–Kier alpha value is 0.0700. The average molecular weight is 296 g/mol. The molecule has 0 bridgehead atoms. The second kappa shape index (κ2) is 3.85. The lowest BCUT2D eigenvalue weighted by Crippen LogP contribution is -2.23. The minimum Gasteiger partial charge on any atom is -0.386 e. The molecule has 0 radical (unpaired) electrons. The minimum atomic E-state index is -0.590. The molecule has 1 N–H and O–H groups in total. The smallest absolute Gasteiger partial charge is 0.159 e. The van der Waals surface area contributed by atoms with Crippen LogP contribution >= 0.6 is 31.9 Å². The molecule has 2 nitrogen and oxygen atoms in total. The molecule has 0 aliphatic heterocycles. The van der Waals surface area contributed by atoms with Gasteiger partial charge in [-0.1, -0.05) is 37.9 Å². The van der Waals surface area contributed by atoms with E-state index < -0.39 is 6.10 Å². The standard InChI is InChI=1S/C8H8Br2O2/c1-4(11)5-2-6(9)8(12)7(10)3-5/h2-3,6,8,12H,1H3. The summed E-state index contributed by atoms with van der Waals surface area (Å²) >= 11 is 6.44. The fourth-order valence-electron chi connectivity index (χ4n) is 0.916. The van der Waals surface area contributed by atoms with Gasteiger partial charge in [0.1, 0.15) is 6.10 Å². The van der Waals surface area contributed by atoms with Gasteiger partial charge in [-0.05, 0) is 13.0 Å². The molecule has 66 valence electrons. The van der Waals surface area contributed by atoms with Gasteiger partial charge in [0, 0.05) is 10.1 Å². The molecule has 0 saturated carbocycles. The van der Waals surface area contributed by atoms with E-state index in [-0.39, 0.29) is 10.6 Å². The third-order valence-electron chi connectivity index (χ3n) is 1.62. The monoisotopic (exact) mass is 294 g/mol. The molecule has 2 atom stereocenters. The van der Waals surface area contributed by atoms with E-state index in [0.29, 0.717) is 10.1 Å². The first kappa shape index (κ1) is 10.2. The molecule has 0 spiro atoms. The van der Waals surface area contributed by atoms with Gasteiger partial charge < -0.3 is 5.11 Å². The maximum absolute atomic E-state index is 11.0. The number of hydrogen-bond acceptors (Lipinski definition) is 2. The molecule has 0 aromatic rings. The Morgan fingerprint density at radius 2 is 2.25 bits per heavy atom. The van der Waals surface area contributed by atoms with Gasteiger partial charge in [0.25, 0.3) is 0 Å². The predicted molar refractivity (Wildman–Crippen MR) is 54.5 cm³/mol. The van der Waals surface area contributed by atoms with Gasteiger partial charge in [-0.3, -0.25) is 4.79 Å². The van der Waals surface area contributed by atoms with Crippen LogP contribution in [0.5, 0.6) is 0 Å². The van der Waals surface area contributed by atoms with E-state index in [4.69, 9.17) is 0 Å². The van der Waals surface area contributed by atoms with Crippen LogP contribution in [0.25, 0.3) is 0 Å². The highest BCUT2D eigenvalue weighted by Crippen LogP contribution is 2.27. The zero-order chi connectivity index (χ0) is 9.30. The number of carbonyl (C=O) groups is 1. The van der Waals surface area contributed by atoms with Gasteiger partial charge in [-0.25, -0.2) is 0 Å². The van der Waals surface area contributed by atoms with Crippen LogP contribution in [-0.2, 0) is 4.79 Å². The molecular weight excluding hydrogens is 288 g/mol. The normalized spacial score (nSPS) is 29.3. The summed E-state index contributed by atoms with van der Waals surface area (Å²) in [5, 5.41) is 9.43. The summed E-state index contributed by atoms with van der Waals surface area (Å²) in [6.07, 6.45) is 2.76. The topological polar surface area (TPSA) is 37.3 Å². The van der Waals surface area contributed by atoms with Crippen LogP contribution in [0.2, 0.25) is 0 Å². The number of alkyl halides is 1. The lowest BCUT2D eigenvalue weighted by atomic mass is 10.0. The summed E-state index contributed by atoms with van der Waals surface area (Å²) < 4.78 is 0.636. The first-order chi connectivity index (χ1) is 5.52. The van der Waals surface area contributed by atoms with E-state index in [1.165, 1.54) is 6.92 Å². The molecule has 0 amide bonds. The number of halogens is 2. The molecule has 12 heavy (non-hydrogen) atoms. The Morgan fingerprint density at radius 3 is 2.67 bits per heavy atom. The van der Waals surface area contributed by atoms with E-state index in [2.05, 4.69) is 31.9 Å².